The van der Waals surface area contributed by atoms with Crippen LogP contribution in [0.2, 0.25) is 0 Å². The Morgan fingerprint density at radius 2 is 1.57 bits per heavy atom. The first kappa shape index (κ1) is 19.0. The molecule has 1 heterocycles. The van der Waals surface area contributed by atoms with Crippen molar-refractivity contribution >= 4 is 7.85 Å². The quantitative estimate of drug-likeness (QED) is 0.405. The van der Waals surface area contributed by atoms with Gasteiger partial charge in [-0.15, -0.1) is 0 Å². The molecule has 1 aliphatic heterocycles. The fourth-order valence-electron chi connectivity index (χ4n) is 3.24. The minimum Gasteiger partial charge on any atom is -0.394 e. The standard InChI is InChI=1S/C17H36BNO2/c1-2-3-4-5-6-7-8-9-10-11-12-19-15-13-17(18)21-16(15)14-20/h15-17,19-20H,2-14,18H2,1H3/t15-,16?,17-/m1/s1. The van der Waals surface area contributed by atoms with E-state index in [2.05, 4.69) is 20.1 Å². The summed E-state index contributed by atoms with van der Waals surface area (Å²) in [4.78, 5) is 0. The molecule has 4 heteroatoms. The third-order valence-corrected chi connectivity index (χ3v) is 4.56. The predicted molar refractivity (Wildman–Crippen MR) is 92.5 cm³/mol. The third kappa shape index (κ3) is 8.85. The number of ether oxygens (including phenoxy) is 1. The van der Waals surface area contributed by atoms with Crippen LogP contribution in [0.1, 0.15) is 77.6 Å². The lowest BCUT2D eigenvalue weighted by Gasteiger charge is -2.17. The van der Waals surface area contributed by atoms with Crippen LogP contribution in [0.25, 0.3) is 0 Å². The van der Waals surface area contributed by atoms with Gasteiger partial charge < -0.3 is 15.2 Å². The fraction of sp³-hybridized carbons (Fsp3) is 1.00. The lowest BCUT2D eigenvalue weighted by atomic mass is 9.95. The van der Waals surface area contributed by atoms with Crippen LogP contribution in [-0.4, -0.2) is 44.3 Å². The number of hydrogen-bond donors (Lipinski definition) is 2. The van der Waals surface area contributed by atoms with E-state index in [-0.39, 0.29) is 18.7 Å². The van der Waals surface area contributed by atoms with Crippen LogP contribution in [0.3, 0.4) is 0 Å². The van der Waals surface area contributed by atoms with Gasteiger partial charge in [-0.05, 0) is 19.4 Å². The summed E-state index contributed by atoms with van der Waals surface area (Å²) < 4.78 is 5.66. The van der Waals surface area contributed by atoms with E-state index in [1.54, 1.807) is 0 Å². The van der Waals surface area contributed by atoms with Crippen molar-refractivity contribution in [1.29, 1.82) is 0 Å². The maximum absolute atomic E-state index is 9.27. The topological polar surface area (TPSA) is 41.5 Å². The predicted octanol–water partition coefficient (Wildman–Crippen LogP) is 2.61. The Morgan fingerprint density at radius 1 is 1.00 bits per heavy atom. The summed E-state index contributed by atoms with van der Waals surface area (Å²) in [7, 11) is 2.09. The Bertz CT molecular complexity index is 241. The highest BCUT2D eigenvalue weighted by Gasteiger charge is 2.31. The molecule has 0 amide bonds. The molecule has 0 aromatic rings. The molecule has 1 rings (SSSR count). The van der Waals surface area contributed by atoms with Gasteiger partial charge in [-0.3, -0.25) is 0 Å². The lowest BCUT2D eigenvalue weighted by Crippen LogP contribution is -2.38. The van der Waals surface area contributed by atoms with Crippen molar-refractivity contribution in [3.63, 3.8) is 0 Å². The number of rotatable bonds is 13. The minimum atomic E-state index is 0.00289. The van der Waals surface area contributed by atoms with E-state index in [1.807, 2.05) is 0 Å². The van der Waals surface area contributed by atoms with Crippen LogP contribution in [0.4, 0.5) is 0 Å². The summed E-state index contributed by atoms with van der Waals surface area (Å²) >= 11 is 0. The molecular weight excluding hydrogens is 261 g/mol. The van der Waals surface area contributed by atoms with Gasteiger partial charge in [0, 0.05) is 12.0 Å². The first-order chi connectivity index (χ1) is 10.3. The SMILES string of the molecule is B[C@H]1C[C@@H](NCCCCCCCCCCCC)C(CO)O1. The summed E-state index contributed by atoms with van der Waals surface area (Å²) in [5, 5.41) is 12.8. The molecule has 0 aromatic heterocycles. The smallest absolute Gasteiger partial charge is 0.139 e. The van der Waals surface area contributed by atoms with Crippen molar-refractivity contribution in [2.45, 2.75) is 95.7 Å². The Hall–Kier alpha value is -0.0551. The molecule has 0 aliphatic carbocycles. The average Bonchev–Trinajstić information content (AvgIpc) is 2.85. The molecule has 124 valence electrons. The molecule has 2 N–H and O–H groups in total. The number of aliphatic hydroxyl groups excluding tert-OH is 1. The molecule has 0 bridgehead atoms. The summed E-state index contributed by atoms with van der Waals surface area (Å²) in [6.45, 7) is 3.48. The van der Waals surface area contributed by atoms with Crippen molar-refractivity contribution < 1.29 is 9.84 Å². The monoisotopic (exact) mass is 297 g/mol. The van der Waals surface area contributed by atoms with E-state index < -0.39 is 0 Å². The van der Waals surface area contributed by atoms with Gasteiger partial charge in [0.15, 0.2) is 0 Å². The van der Waals surface area contributed by atoms with Crippen molar-refractivity contribution in [3.8, 4) is 0 Å². The molecule has 0 saturated carbocycles. The molecule has 0 aromatic carbocycles. The molecule has 1 aliphatic rings. The summed E-state index contributed by atoms with van der Waals surface area (Å²) in [6.07, 6.45) is 14.8. The molecule has 21 heavy (non-hydrogen) atoms. The Balaban J connectivity index is 1.84. The number of unbranched alkanes of at least 4 members (excludes halogenated alkanes) is 9. The summed E-state index contributed by atoms with van der Waals surface area (Å²) in [6, 6.07) is 0.635. The maximum Gasteiger partial charge on any atom is 0.139 e. The van der Waals surface area contributed by atoms with Gasteiger partial charge >= 0.3 is 0 Å². The van der Waals surface area contributed by atoms with E-state index in [9.17, 15) is 5.11 Å². The highest BCUT2D eigenvalue weighted by atomic mass is 16.5. The van der Waals surface area contributed by atoms with Gasteiger partial charge in [-0.1, -0.05) is 64.7 Å². The Morgan fingerprint density at radius 3 is 2.14 bits per heavy atom. The second kappa shape index (κ2) is 12.5. The molecular formula is C17H36BNO2. The van der Waals surface area contributed by atoms with Gasteiger partial charge in [0.2, 0.25) is 0 Å². The van der Waals surface area contributed by atoms with E-state index in [0.717, 1.165) is 13.0 Å². The second-order valence-electron chi connectivity index (χ2n) is 6.65. The Labute approximate surface area is 132 Å². The van der Waals surface area contributed by atoms with Gasteiger partial charge in [0.05, 0.1) is 12.7 Å². The first-order valence-electron chi connectivity index (χ1n) is 9.27. The molecule has 1 saturated heterocycles. The summed E-state index contributed by atoms with van der Waals surface area (Å²) in [5.41, 5.74) is 0. The number of aliphatic hydroxyl groups is 1. The van der Waals surface area contributed by atoms with E-state index in [1.165, 1.54) is 64.2 Å². The second-order valence-corrected chi connectivity index (χ2v) is 6.65. The van der Waals surface area contributed by atoms with Crippen LogP contribution in [0, 0.1) is 0 Å². The van der Waals surface area contributed by atoms with Crippen LogP contribution >= 0.6 is 0 Å². The van der Waals surface area contributed by atoms with Gasteiger partial charge in [-0.25, -0.2) is 0 Å². The van der Waals surface area contributed by atoms with Gasteiger partial charge in [0.1, 0.15) is 7.85 Å². The van der Waals surface area contributed by atoms with E-state index in [0.29, 0.717) is 6.04 Å². The molecule has 0 radical (unpaired) electrons. The van der Waals surface area contributed by atoms with Crippen molar-refractivity contribution in [2.24, 2.45) is 0 Å². The number of nitrogens with one attached hydrogen (secondary N) is 1. The van der Waals surface area contributed by atoms with Gasteiger partial charge in [-0.2, -0.15) is 0 Å². The maximum atomic E-state index is 9.27. The molecule has 1 unspecified atom stereocenters. The lowest BCUT2D eigenvalue weighted by molar-refractivity contribution is 0.0334. The van der Waals surface area contributed by atoms with E-state index >= 15 is 0 Å². The van der Waals surface area contributed by atoms with Crippen LogP contribution in [0.5, 0.6) is 0 Å². The van der Waals surface area contributed by atoms with Crippen molar-refractivity contribution in [1.82, 2.24) is 5.32 Å². The highest BCUT2D eigenvalue weighted by molar-refractivity contribution is 6.11. The molecule has 3 atom stereocenters. The fourth-order valence-corrected chi connectivity index (χ4v) is 3.24. The summed E-state index contributed by atoms with van der Waals surface area (Å²) in [5.74, 6) is 0. The zero-order valence-corrected chi connectivity index (χ0v) is 14.3. The van der Waals surface area contributed by atoms with Crippen molar-refractivity contribution in [2.75, 3.05) is 13.2 Å². The largest absolute Gasteiger partial charge is 0.394 e. The zero-order valence-electron chi connectivity index (χ0n) is 14.3. The van der Waals surface area contributed by atoms with Crippen LogP contribution in [-0.2, 0) is 4.74 Å². The number of hydrogen-bond acceptors (Lipinski definition) is 3. The first-order valence-corrected chi connectivity index (χ1v) is 9.27. The molecule has 3 nitrogen and oxygen atoms in total. The molecule has 1 fully saturated rings. The van der Waals surface area contributed by atoms with Gasteiger partial charge in [0.25, 0.3) is 0 Å². The minimum absolute atomic E-state index is 0.00289. The Kier molecular flexibility index (Phi) is 11.3. The average molecular weight is 297 g/mol. The zero-order chi connectivity index (χ0) is 15.3. The molecule has 0 spiro atoms. The van der Waals surface area contributed by atoms with Crippen LogP contribution in [0.15, 0.2) is 0 Å². The van der Waals surface area contributed by atoms with Crippen LogP contribution < -0.4 is 5.32 Å². The third-order valence-electron chi connectivity index (χ3n) is 4.56. The van der Waals surface area contributed by atoms with E-state index in [4.69, 9.17) is 4.74 Å². The normalized spacial score (nSPS) is 25.5. The highest BCUT2D eigenvalue weighted by Crippen LogP contribution is 2.18. The van der Waals surface area contributed by atoms with Crippen molar-refractivity contribution in [3.05, 3.63) is 0 Å².